The largest absolute Gasteiger partial charge is 0.330 e. The van der Waals surface area contributed by atoms with Gasteiger partial charge in [-0.15, -0.1) is 0 Å². The molecule has 0 bridgehead atoms. The normalized spacial score (nSPS) is 15.5. The summed E-state index contributed by atoms with van der Waals surface area (Å²) in [6, 6.07) is 15.7. The molecule has 1 aliphatic rings. The molecule has 2 aromatic carbocycles. The molecule has 3 rings (SSSR count). The van der Waals surface area contributed by atoms with Crippen molar-refractivity contribution in [2.45, 2.75) is 44.9 Å². The van der Waals surface area contributed by atoms with E-state index in [2.05, 4.69) is 49.4 Å². The number of hydrogen-bond acceptors (Lipinski definition) is 1. The summed E-state index contributed by atoms with van der Waals surface area (Å²) in [6.45, 7) is 2.91. The number of aryl methyl sites for hydroxylation is 3. The second-order valence-electron chi connectivity index (χ2n) is 6.30. The van der Waals surface area contributed by atoms with Crippen molar-refractivity contribution < 1.29 is 0 Å². The molecule has 2 N–H and O–H groups in total. The quantitative estimate of drug-likeness (QED) is 0.893. The highest BCUT2D eigenvalue weighted by Crippen LogP contribution is 2.27. The molecule has 1 aliphatic carbocycles. The molecule has 0 spiro atoms. The number of nitrogens with two attached hydrogens (primary N) is 1. The van der Waals surface area contributed by atoms with E-state index < -0.39 is 0 Å². The second kappa shape index (κ2) is 6.44. The van der Waals surface area contributed by atoms with Crippen molar-refractivity contribution >= 4 is 0 Å². The molecule has 110 valence electrons. The first-order chi connectivity index (χ1) is 10.3. The zero-order valence-corrected chi connectivity index (χ0v) is 12.9. The van der Waals surface area contributed by atoms with Crippen LogP contribution in [0.3, 0.4) is 0 Å². The maximum atomic E-state index is 6.08. The van der Waals surface area contributed by atoms with Gasteiger partial charge in [-0.3, -0.25) is 0 Å². The summed E-state index contributed by atoms with van der Waals surface area (Å²) in [5.41, 5.74) is 13.4. The second-order valence-corrected chi connectivity index (χ2v) is 6.30. The Morgan fingerprint density at radius 1 is 1.00 bits per heavy atom. The van der Waals surface area contributed by atoms with Crippen LogP contribution in [0, 0.1) is 6.92 Å². The molecule has 1 unspecified atom stereocenters. The SMILES string of the molecule is Cc1ccccc1CC(CN)c1ccc2c(c1)CCCC2. The zero-order chi connectivity index (χ0) is 14.7. The van der Waals surface area contributed by atoms with E-state index in [0.717, 1.165) is 6.42 Å². The van der Waals surface area contributed by atoms with Gasteiger partial charge < -0.3 is 5.73 Å². The van der Waals surface area contributed by atoms with Crippen LogP contribution in [0.4, 0.5) is 0 Å². The van der Waals surface area contributed by atoms with Gasteiger partial charge in [0.2, 0.25) is 0 Å². The Bertz CT molecular complexity index is 615. The Kier molecular flexibility index (Phi) is 4.40. The van der Waals surface area contributed by atoms with Crippen molar-refractivity contribution in [3.05, 3.63) is 70.3 Å². The van der Waals surface area contributed by atoms with Gasteiger partial charge >= 0.3 is 0 Å². The fourth-order valence-electron chi connectivity index (χ4n) is 3.45. The molecule has 0 aliphatic heterocycles. The van der Waals surface area contributed by atoms with E-state index in [0.29, 0.717) is 12.5 Å². The Labute approximate surface area is 128 Å². The van der Waals surface area contributed by atoms with E-state index in [1.165, 1.54) is 42.4 Å². The van der Waals surface area contributed by atoms with E-state index in [1.54, 1.807) is 11.1 Å². The highest BCUT2D eigenvalue weighted by Gasteiger charge is 2.15. The topological polar surface area (TPSA) is 26.0 Å². The third-order valence-electron chi connectivity index (χ3n) is 4.86. The van der Waals surface area contributed by atoms with Crippen LogP contribution in [-0.2, 0) is 19.3 Å². The molecule has 2 aromatic rings. The summed E-state index contributed by atoms with van der Waals surface area (Å²) >= 11 is 0. The molecular weight excluding hydrogens is 254 g/mol. The smallest absolute Gasteiger partial charge is 0.000177 e. The van der Waals surface area contributed by atoms with Gasteiger partial charge in [0.1, 0.15) is 0 Å². The maximum Gasteiger partial charge on any atom is 0.000177 e. The molecule has 21 heavy (non-hydrogen) atoms. The first kappa shape index (κ1) is 14.3. The molecule has 0 saturated carbocycles. The van der Waals surface area contributed by atoms with Gasteiger partial charge in [-0.05, 0) is 73.4 Å². The summed E-state index contributed by atoms with van der Waals surface area (Å²) in [7, 11) is 0. The molecule has 1 atom stereocenters. The van der Waals surface area contributed by atoms with Crippen molar-refractivity contribution in [3.63, 3.8) is 0 Å². The lowest BCUT2D eigenvalue weighted by Crippen LogP contribution is -2.16. The highest BCUT2D eigenvalue weighted by atomic mass is 14.5. The highest BCUT2D eigenvalue weighted by molar-refractivity contribution is 5.37. The summed E-state index contributed by atoms with van der Waals surface area (Å²) in [5, 5.41) is 0. The predicted octanol–water partition coefficient (Wildman–Crippen LogP) is 4.16. The minimum absolute atomic E-state index is 0.429. The number of hydrogen-bond donors (Lipinski definition) is 1. The summed E-state index contributed by atoms with van der Waals surface area (Å²) in [4.78, 5) is 0. The third kappa shape index (κ3) is 3.19. The van der Waals surface area contributed by atoms with Crippen LogP contribution in [0.15, 0.2) is 42.5 Å². The molecule has 0 fully saturated rings. The lowest BCUT2D eigenvalue weighted by molar-refractivity contribution is 0.667. The van der Waals surface area contributed by atoms with Gasteiger partial charge in [0.15, 0.2) is 0 Å². The number of benzene rings is 2. The molecule has 0 saturated heterocycles. The van der Waals surface area contributed by atoms with Crippen molar-refractivity contribution in [3.8, 4) is 0 Å². The Morgan fingerprint density at radius 2 is 1.76 bits per heavy atom. The fraction of sp³-hybridized carbons (Fsp3) is 0.400. The Balaban J connectivity index is 1.85. The minimum atomic E-state index is 0.429. The Morgan fingerprint density at radius 3 is 2.52 bits per heavy atom. The lowest BCUT2D eigenvalue weighted by Gasteiger charge is -2.21. The fourth-order valence-corrected chi connectivity index (χ4v) is 3.45. The molecule has 0 amide bonds. The van der Waals surface area contributed by atoms with Crippen LogP contribution in [-0.4, -0.2) is 6.54 Å². The summed E-state index contributed by atoms with van der Waals surface area (Å²) < 4.78 is 0. The van der Waals surface area contributed by atoms with Crippen LogP contribution in [0.5, 0.6) is 0 Å². The van der Waals surface area contributed by atoms with Gasteiger partial charge in [0.25, 0.3) is 0 Å². The average molecular weight is 279 g/mol. The van der Waals surface area contributed by atoms with Gasteiger partial charge in [0.05, 0.1) is 0 Å². The van der Waals surface area contributed by atoms with E-state index in [1.807, 2.05) is 0 Å². The van der Waals surface area contributed by atoms with Crippen LogP contribution >= 0.6 is 0 Å². The Hall–Kier alpha value is -1.60. The molecule has 0 heterocycles. The van der Waals surface area contributed by atoms with Crippen LogP contribution in [0.25, 0.3) is 0 Å². The zero-order valence-electron chi connectivity index (χ0n) is 12.9. The van der Waals surface area contributed by atoms with Gasteiger partial charge in [-0.1, -0.05) is 42.5 Å². The van der Waals surface area contributed by atoms with Gasteiger partial charge in [-0.2, -0.15) is 0 Å². The maximum absolute atomic E-state index is 6.08. The molecule has 1 heteroatoms. The molecule has 1 nitrogen and oxygen atoms in total. The summed E-state index contributed by atoms with van der Waals surface area (Å²) in [5.74, 6) is 0.429. The van der Waals surface area contributed by atoms with E-state index in [-0.39, 0.29) is 0 Å². The monoisotopic (exact) mass is 279 g/mol. The molecular formula is C20H25N. The summed E-state index contributed by atoms with van der Waals surface area (Å²) in [6.07, 6.45) is 6.21. The number of rotatable bonds is 4. The van der Waals surface area contributed by atoms with Gasteiger partial charge in [-0.25, -0.2) is 0 Å². The third-order valence-corrected chi connectivity index (χ3v) is 4.86. The van der Waals surface area contributed by atoms with Gasteiger partial charge in [0, 0.05) is 5.92 Å². The standard InChI is InChI=1S/C20H25N/c1-15-6-2-3-8-17(15)12-20(14-21)19-11-10-16-7-4-5-9-18(16)13-19/h2-3,6,8,10-11,13,20H,4-5,7,9,12,14,21H2,1H3. The average Bonchev–Trinajstić information content (AvgIpc) is 2.54. The van der Waals surface area contributed by atoms with Crippen LogP contribution in [0.2, 0.25) is 0 Å². The first-order valence-corrected chi connectivity index (χ1v) is 8.14. The molecule has 0 radical (unpaired) electrons. The van der Waals surface area contributed by atoms with Crippen molar-refractivity contribution in [1.29, 1.82) is 0 Å². The van der Waals surface area contributed by atoms with Crippen molar-refractivity contribution in [2.75, 3.05) is 6.54 Å². The minimum Gasteiger partial charge on any atom is -0.330 e. The predicted molar refractivity (Wildman–Crippen MR) is 89.8 cm³/mol. The van der Waals surface area contributed by atoms with E-state index >= 15 is 0 Å². The molecule has 0 aromatic heterocycles. The van der Waals surface area contributed by atoms with Crippen LogP contribution < -0.4 is 5.73 Å². The number of fused-ring (bicyclic) bond motifs is 1. The van der Waals surface area contributed by atoms with Crippen molar-refractivity contribution in [2.24, 2.45) is 5.73 Å². The lowest BCUT2D eigenvalue weighted by atomic mass is 9.85. The van der Waals surface area contributed by atoms with Crippen LogP contribution in [0.1, 0.15) is 46.6 Å². The van der Waals surface area contributed by atoms with Crippen molar-refractivity contribution in [1.82, 2.24) is 0 Å². The van der Waals surface area contributed by atoms with E-state index in [9.17, 15) is 0 Å². The van der Waals surface area contributed by atoms with E-state index in [4.69, 9.17) is 5.73 Å². The first-order valence-electron chi connectivity index (χ1n) is 8.14.